The van der Waals surface area contributed by atoms with Crippen LogP contribution in [-0.2, 0) is 4.79 Å². The van der Waals surface area contributed by atoms with Gasteiger partial charge in [0.05, 0.1) is 0 Å². The van der Waals surface area contributed by atoms with Gasteiger partial charge in [0.2, 0.25) is 0 Å². The van der Waals surface area contributed by atoms with Crippen LogP contribution in [0.3, 0.4) is 0 Å². The highest BCUT2D eigenvalue weighted by Gasteiger charge is 2.15. The van der Waals surface area contributed by atoms with Crippen molar-refractivity contribution in [1.82, 2.24) is 5.32 Å². The molecule has 27 heavy (non-hydrogen) atoms. The van der Waals surface area contributed by atoms with Crippen LogP contribution < -0.4 is 10.6 Å². The molecule has 2 amide bonds. The first kappa shape index (κ1) is 18.6. The lowest BCUT2D eigenvalue weighted by molar-refractivity contribution is -0.113. The summed E-state index contributed by atoms with van der Waals surface area (Å²) in [5.74, 6) is -0.755. The van der Waals surface area contributed by atoms with Crippen molar-refractivity contribution >= 4 is 39.5 Å². The second-order valence-corrected chi connectivity index (χ2v) is 6.67. The molecule has 0 atom stereocenters. The maximum Gasteiger partial charge on any atom is 0.272 e. The number of halogens is 1. The molecule has 3 rings (SSSR count). The lowest BCUT2D eigenvalue weighted by Crippen LogP contribution is -2.30. The van der Waals surface area contributed by atoms with Gasteiger partial charge in [-0.25, -0.2) is 0 Å². The molecule has 2 N–H and O–H groups in total. The van der Waals surface area contributed by atoms with Crippen molar-refractivity contribution in [3.63, 3.8) is 0 Å². The first-order chi connectivity index (χ1) is 13.1. The molecule has 4 nitrogen and oxygen atoms in total. The first-order valence-corrected chi connectivity index (χ1v) is 9.11. The summed E-state index contributed by atoms with van der Waals surface area (Å²) in [4.78, 5) is 25.3. The monoisotopic (exact) mass is 420 g/mol. The van der Waals surface area contributed by atoms with E-state index in [4.69, 9.17) is 0 Å². The van der Waals surface area contributed by atoms with Crippen LogP contribution in [0, 0.1) is 0 Å². The van der Waals surface area contributed by atoms with Gasteiger partial charge >= 0.3 is 0 Å². The molecule has 0 spiro atoms. The number of anilines is 1. The van der Waals surface area contributed by atoms with Crippen LogP contribution in [0.5, 0.6) is 0 Å². The molecule has 0 radical (unpaired) electrons. The van der Waals surface area contributed by atoms with Gasteiger partial charge in [0.15, 0.2) is 0 Å². The van der Waals surface area contributed by atoms with Crippen molar-refractivity contribution in [3.8, 4) is 0 Å². The van der Waals surface area contributed by atoms with Crippen molar-refractivity contribution < 1.29 is 9.59 Å². The second-order valence-electron chi connectivity index (χ2n) is 5.75. The fourth-order valence-corrected chi connectivity index (χ4v) is 2.82. The highest BCUT2D eigenvalue weighted by Crippen LogP contribution is 2.14. The van der Waals surface area contributed by atoms with E-state index in [1.807, 2.05) is 54.6 Å². The number of hydrogen-bond acceptors (Lipinski definition) is 2. The zero-order chi connectivity index (χ0) is 19.1. The summed E-state index contributed by atoms with van der Waals surface area (Å²) in [6.45, 7) is 0. The first-order valence-electron chi connectivity index (χ1n) is 8.32. The summed E-state index contributed by atoms with van der Waals surface area (Å²) < 4.78 is 0.789. The van der Waals surface area contributed by atoms with E-state index in [-0.39, 0.29) is 11.6 Å². The van der Waals surface area contributed by atoms with Gasteiger partial charge in [0, 0.05) is 15.7 Å². The predicted molar refractivity (Wildman–Crippen MR) is 111 cm³/mol. The third-order valence-corrected chi connectivity index (χ3v) is 4.22. The summed E-state index contributed by atoms with van der Waals surface area (Å²) in [5, 5.41) is 5.52. The quantitative estimate of drug-likeness (QED) is 0.579. The number of para-hydroxylation sites is 1. The molecule has 0 saturated heterocycles. The minimum atomic E-state index is -0.395. The Kier molecular flexibility index (Phi) is 6.18. The largest absolute Gasteiger partial charge is 0.321 e. The van der Waals surface area contributed by atoms with Crippen LogP contribution in [0.4, 0.5) is 5.69 Å². The molecule has 0 saturated carbocycles. The second kappa shape index (κ2) is 8.96. The molecule has 0 aliphatic carbocycles. The van der Waals surface area contributed by atoms with Gasteiger partial charge in [-0.05, 0) is 42.0 Å². The van der Waals surface area contributed by atoms with Gasteiger partial charge in [-0.1, -0.05) is 70.5 Å². The van der Waals surface area contributed by atoms with E-state index in [1.54, 1.807) is 36.4 Å². The van der Waals surface area contributed by atoms with Gasteiger partial charge in [-0.2, -0.15) is 0 Å². The Balaban J connectivity index is 1.86. The average molecular weight is 421 g/mol. The fourth-order valence-electron chi connectivity index (χ4n) is 2.42. The fraction of sp³-hybridized carbons (Fsp3) is 0. The molecule has 0 fully saturated rings. The van der Waals surface area contributed by atoms with Crippen molar-refractivity contribution in [2.45, 2.75) is 0 Å². The summed E-state index contributed by atoms with van der Waals surface area (Å²) >= 11 is 3.35. The van der Waals surface area contributed by atoms with Crippen LogP contribution in [0.25, 0.3) is 6.08 Å². The Morgan fingerprint density at radius 3 is 2.15 bits per heavy atom. The van der Waals surface area contributed by atoms with Crippen LogP contribution in [0.1, 0.15) is 15.9 Å². The smallest absolute Gasteiger partial charge is 0.272 e. The highest BCUT2D eigenvalue weighted by molar-refractivity contribution is 9.10. The Morgan fingerprint density at radius 2 is 1.48 bits per heavy atom. The van der Waals surface area contributed by atoms with E-state index < -0.39 is 5.91 Å². The van der Waals surface area contributed by atoms with Gasteiger partial charge in [-0.3, -0.25) is 9.59 Å². The van der Waals surface area contributed by atoms with E-state index in [1.165, 1.54) is 0 Å². The molecule has 0 bridgehead atoms. The number of nitrogens with one attached hydrogen (secondary N) is 2. The number of carbonyl (C=O) groups is 2. The van der Waals surface area contributed by atoms with Gasteiger partial charge in [0.1, 0.15) is 5.70 Å². The third-order valence-electron chi connectivity index (χ3n) is 3.72. The summed E-state index contributed by atoms with van der Waals surface area (Å²) in [5.41, 5.74) is 2.08. The molecule has 3 aromatic rings. The molecule has 0 aliphatic rings. The van der Waals surface area contributed by atoms with Crippen molar-refractivity contribution in [2.24, 2.45) is 0 Å². The molecular formula is C22H17BrN2O2. The normalized spacial score (nSPS) is 10.9. The Labute approximate surface area is 166 Å². The minimum Gasteiger partial charge on any atom is -0.321 e. The van der Waals surface area contributed by atoms with Crippen LogP contribution in [0.15, 0.2) is 95.1 Å². The van der Waals surface area contributed by atoms with Gasteiger partial charge in [0.25, 0.3) is 11.8 Å². The van der Waals surface area contributed by atoms with Crippen molar-refractivity contribution in [3.05, 3.63) is 106 Å². The van der Waals surface area contributed by atoms with Gasteiger partial charge < -0.3 is 10.6 Å². The average Bonchev–Trinajstić information content (AvgIpc) is 2.69. The van der Waals surface area contributed by atoms with E-state index in [0.29, 0.717) is 11.3 Å². The number of amides is 2. The topological polar surface area (TPSA) is 58.2 Å². The van der Waals surface area contributed by atoms with E-state index >= 15 is 0 Å². The highest BCUT2D eigenvalue weighted by atomic mass is 79.9. The molecule has 0 unspecified atom stereocenters. The molecule has 0 heterocycles. The maximum atomic E-state index is 12.7. The van der Waals surface area contributed by atoms with Crippen molar-refractivity contribution in [1.29, 1.82) is 0 Å². The number of rotatable bonds is 5. The zero-order valence-corrected chi connectivity index (χ0v) is 15.9. The van der Waals surface area contributed by atoms with Crippen LogP contribution in [-0.4, -0.2) is 11.8 Å². The Morgan fingerprint density at radius 1 is 0.815 bits per heavy atom. The predicted octanol–water partition coefficient (Wildman–Crippen LogP) is 4.86. The molecule has 134 valence electrons. The Hall–Kier alpha value is -3.18. The lowest BCUT2D eigenvalue weighted by Gasteiger charge is -2.11. The zero-order valence-electron chi connectivity index (χ0n) is 14.4. The third kappa shape index (κ3) is 5.39. The SMILES string of the molecule is O=C(Nc1ccccc1)/C(=C/c1ccccc1)NC(=O)c1cccc(Br)c1. The van der Waals surface area contributed by atoms with E-state index in [2.05, 4.69) is 26.6 Å². The molecule has 3 aromatic carbocycles. The van der Waals surface area contributed by atoms with Gasteiger partial charge in [-0.15, -0.1) is 0 Å². The minimum absolute atomic E-state index is 0.162. The summed E-state index contributed by atoms with van der Waals surface area (Å²) in [6.07, 6.45) is 1.65. The standard InChI is InChI=1S/C22H17BrN2O2/c23-18-11-7-10-17(15-18)21(26)25-20(14-16-8-3-1-4-9-16)22(27)24-19-12-5-2-6-13-19/h1-15H,(H,24,27)(H,25,26)/b20-14-. The Bertz CT molecular complexity index is 970. The molecular weight excluding hydrogens is 404 g/mol. The van der Waals surface area contributed by atoms with Crippen LogP contribution >= 0.6 is 15.9 Å². The van der Waals surface area contributed by atoms with Crippen molar-refractivity contribution in [2.75, 3.05) is 5.32 Å². The number of hydrogen-bond donors (Lipinski definition) is 2. The van der Waals surface area contributed by atoms with E-state index in [9.17, 15) is 9.59 Å². The summed E-state index contributed by atoms with van der Waals surface area (Å²) in [7, 11) is 0. The maximum absolute atomic E-state index is 12.7. The molecule has 0 aromatic heterocycles. The molecule has 5 heteroatoms. The lowest BCUT2D eigenvalue weighted by atomic mass is 10.1. The summed E-state index contributed by atoms with van der Waals surface area (Å²) in [6, 6.07) is 25.4. The van der Waals surface area contributed by atoms with E-state index in [0.717, 1.165) is 10.0 Å². The molecule has 0 aliphatic heterocycles. The number of carbonyl (C=O) groups excluding carboxylic acids is 2. The number of benzene rings is 3. The van der Waals surface area contributed by atoms with Crippen LogP contribution in [0.2, 0.25) is 0 Å².